The van der Waals surface area contributed by atoms with Gasteiger partial charge in [0.25, 0.3) is 0 Å². The van der Waals surface area contributed by atoms with Crippen LogP contribution in [0.5, 0.6) is 0 Å². The summed E-state index contributed by atoms with van der Waals surface area (Å²) >= 11 is 0. The van der Waals surface area contributed by atoms with Gasteiger partial charge in [-0.3, -0.25) is 4.90 Å². The molecule has 4 nitrogen and oxygen atoms in total. The maximum absolute atomic E-state index is 12.6. The third kappa shape index (κ3) is 3.47. The molecule has 2 rings (SSSR count). The lowest BCUT2D eigenvalue weighted by atomic mass is 10.2. The Morgan fingerprint density at radius 3 is 2.74 bits per heavy atom. The summed E-state index contributed by atoms with van der Waals surface area (Å²) in [5.74, 6) is 0. The van der Waals surface area contributed by atoms with Gasteiger partial charge >= 0.3 is 6.03 Å². The van der Waals surface area contributed by atoms with E-state index in [0.717, 1.165) is 38.0 Å². The molecule has 2 N–H and O–H groups in total. The van der Waals surface area contributed by atoms with E-state index >= 15 is 0 Å². The second-order valence-electron chi connectivity index (χ2n) is 5.11. The zero-order valence-corrected chi connectivity index (χ0v) is 11.6. The van der Waals surface area contributed by atoms with Crippen LogP contribution >= 0.6 is 0 Å². The zero-order valence-electron chi connectivity index (χ0n) is 11.6. The molecule has 0 saturated carbocycles. The fourth-order valence-corrected chi connectivity index (χ4v) is 2.46. The van der Waals surface area contributed by atoms with E-state index in [1.54, 1.807) is 0 Å². The van der Waals surface area contributed by atoms with Crippen LogP contribution in [-0.4, -0.2) is 37.1 Å². The number of amides is 2. The summed E-state index contributed by atoms with van der Waals surface area (Å²) in [6.45, 7) is 5.10. The van der Waals surface area contributed by atoms with Crippen LogP contribution in [-0.2, 0) is 0 Å². The van der Waals surface area contributed by atoms with Crippen molar-refractivity contribution >= 4 is 11.7 Å². The normalized spacial score (nSPS) is 14.7. The van der Waals surface area contributed by atoms with Crippen molar-refractivity contribution in [1.82, 2.24) is 4.90 Å². The van der Waals surface area contributed by atoms with Crippen LogP contribution in [0.1, 0.15) is 24.8 Å². The second kappa shape index (κ2) is 6.57. The minimum absolute atomic E-state index is 0.122. The van der Waals surface area contributed by atoms with E-state index in [9.17, 15) is 4.79 Å². The van der Waals surface area contributed by atoms with Gasteiger partial charge in [-0.1, -0.05) is 12.1 Å². The van der Waals surface area contributed by atoms with Crippen LogP contribution in [0.4, 0.5) is 10.5 Å². The molecule has 0 spiro atoms. The molecular weight excluding hydrogens is 238 g/mol. The Morgan fingerprint density at radius 1 is 1.37 bits per heavy atom. The van der Waals surface area contributed by atoms with E-state index in [4.69, 9.17) is 5.73 Å². The highest BCUT2D eigenvalue weighted by Crippen LogP contribution is 2.20. The molecule has 1 saturated heterocycles. The molecule has 0 aliphatic carbocycles. The van der Waals surface area contributed by atoms with E-state index in [1.807, 2.05) is 34.9 Å². The lowest BCUT2D eigenvalue weighted by Crippen LogP contribution is -2.42. The number of rotatable bonds is 4. The van der Waals surface area contributed by atoms with Crippen molar-refractivity contribution in [1.29, 1.82) is 0 Å². The fourth-order valence-electron chi connectivity index (χ4n) is 2.46. The number of hydrogen-bond acceptors (Lipinski definition) is 2. The fraction of sp³-hybridized carbons (Fsp3) is 0.533. The lowest BCUT2D eigenvalue weighted by molar-refractivity contribution is 0.215. The molecule has 1 aliphatic heterocycles. The molecule has 2 amide bonds. The van der Waals surface area contributed by atoms with Crippen LogP contribution < -0.4 is 10.6 Å². The molecule has 19 heavy (non-hydrogen) atoms. The molecule has 1 heterocycles. The molecule has 1 fully saturated rings. The van der Waals surface area contributed by atoms with Crippen molar-refractivity contribution in [2.45, 2.75) is 26.2 Å². The number of likely N-dealkylation sites (tertiary alicyclic amines) is 1. The summed E-state index contributed by atoms with van der Waals surface area (Å²) in [6, 6.07) is 8.22. The summed E-state index contributed by atoms with van der Waals surface area (Å²) in [5, 5.41) is 0. The van der Waals surface area contributed by atoms with E-state index < -0.39 is 0 Å². The number of hydrogen-bond donors (Lipinski definition) is 1. The molecule has 0 radical (unpaired) electrons. The summed E-state index contributed by atoms with van der Waals surface area (Å²) in [5.41, 5.74) is 7.73. The van der Waals surface area contributed by atoms with Gasteiger partial charge in [0.2, 0.25) is 0 Å². The number of anilines is 1. The summed E-state index contributed by atoms with van der Waals surface area (Å²) in [7, 11) is 0. The second-order valence-corrected chi connectivity index (χ2v) is 5.11. The van der Waals surface area contributed by atoms with Gasteiger partial charge in [-0.2, -0.15) is 0 Å². The summed E-state index contributed by atoms with van der Waals surface area (Å²) < 4.78 is 0. The predicted molar refractivity (Wildman–Crippen MR) is 78.4 cm³/mol. The highest BCUT2D eigenvalue weighted by atomic mass is 16.2. The Labute approximate surface area is 115 Å². The van der Waals surface area contributed by atoms with Gasteiger partial charge in [0, 0.05) is 25.3 Å². The Bertz CT molecular complexity index is 427. The molecule has 0 atom stereocenters. The number of nitrogens with zero attached hydrogens (tertiary/aromatic N) is 2. The standard InChI is InChI=1S/C15H23N3O/c1-13-6-4-7-14(12-13)18(11-5-8-16)15(19)17-9-2-3-10-17/h4,6-7,12H,2-3,5,8-11,16H2,1H3. The van der Waals surface area contributed by atoms with Gasteiger partial charge in [0.15, 0.2) is 0 Å². The Balaban J connectivity index is 2.16. The van der Waals surface area contributed by atoms with Crippen molar-refractivity contribution in [2.75, 3.05) is 31.1 Å². The van der Waals surface area contributed by atoms with Crippen LogP contribution in [0.2, 0.25) is 0 Å². The number of benzene rings is 1. The largest absolute Gasteiger partial charge is 0.330 e. The lowest BCUT2D eigenvalue weighted by Gasteiger charge is -2.28. The monoisotopic (exact) mass is 261 g/mol. The molecule has 1 aromatic carbocycles. The smallest absolute Gasteiger partial charge is 0.324 e. The maximum atomic E-state index is 12.6. The SMILES string of the molecule is Cc1cccc(N(CCCN)C(=O)N2CCCC2)c1. The Morgan fingerprint density at radius 2 is 2.11 bits per heavy atom. The van der Waals surface area contributed by atoms with Gasteiger partial charge in [0.05, 0.1) is 0 Å². The Kier molecular flexibility index (Phi) is 4.80. The number of nitrogens with two attached hydrogens (primary N) is 1. The van der Waals surface area contributed by atoms with Crippen molar-refractivity contribution in [3.63, 3.8) is 0 Å². The highest BCUT2D eigenvalue weighted by molar-refractivity contribution is 5.92. The first-order valence-corrected chi connectivity index (χ1v) is 7.05. The first-order chi connectivity index (χ1) is 9.22. The average molecular weight is 261 g/mol. The van der Waals surface area contributed by atoms with Gasteiger partial charge in [-0.25, -0.2) is 4.79 Å². The molecular formula is C15H23N3O. The van der Waals surface area contributed by atoms with E-state index in [0.29, 0.717) is 13.1 Å². The first-order valence-electron chi connectivity index (χ1n) is 7.05. The van der Waals surface area contributed by atoms with Gasteiger partial charge < -0.3 is 10.6 Å². The van der Waals surface area contributed by atoms with E-state index in [1.165, 1.54) is 5.56 Å². The summed E-state index contributed by atoms with van der Waals surface area (Å²) in [6.07, 6.45) is 3.06. The topological polar surface area (TPSA) is 49.6 Å². The molecule has 104 valence electrons. The number of carbonyl (C=O) groups is 1. The Hall–Kier alpha value is -1.55. The maximum Gasteiger partial charge on any atom is 0.324 e. The van der Waals surface area contributed by atoms with Crippen molar-refractivity contribution < 1.29 is 4.79 Å². The molecule has 0 aromatic heterocycles. The van der Waals surface area contributed by atoms with Gasteiger partial charge in [-0.05, 0) is 50.4 Å². The average Bonchev–Trinajstić information content (AvgIpc) is 2.93. The van der Waals surface area contributed by atoms with Gasteiger partial charge in [-0.15, -0.1) is 0 Å². The first kappa shape index (κ1) is 13.9. The minimum Gasteiger partial charge on any atom is -0.330 e. The molecule has 1 aromatic rings. The highest BCUT2D eigenvalue weighted by Gasteiger charge is 2.24. The molecule has 0 bridgehead atoms. The number of aryl methyl sites for hydroxylation is 1. The van der Waals surface area contributed by atoms with E-state index in [-0.39, 0.29) is 6.03 Å². The third-order valence-corrected chi connectivity index (χ3v) is 3.51. The quantitative estimate of drug-likeness (QED) is 0.904. The van der Waals surface area contributed by atoms with Crippen LogP contribution in [0.25, 0.3) is 0 Å². The predicted octanol–water partition coefficient (Wildman–Crippen LogP) is 2.37. The minimum atomic E-state index is 0.122. The number of urea groups is 1. The molecule has 4 heteroatoms. The van der Waals surface area contributed by atoms with Crippen molar-refractivity contribution in [3.8, 4) is 0 Å². The summed E-state index contributed by atoms with van der Waals surface area (Å²) in [4.78, 5) is 16.4. The van der Waals surface area contributed by atoms with Crippen molar-refractivity contribution in [3.05, 3.63) is 29.8 Å². The van der Waals surface area contributed by atoms with Crippen molar-refractivity contribution in [2.24, 2.45) is 5.73 Å². The van der Waals surface area contributed by atoms with E-state index in [2.05, 4.69) is 6.07 Å². The van der Waals surface area contributed by atoms with Gasteiger partial charge in [0.1, 0.15) is 0 Å². The molecule has 1 aliphatic rings. The third-order valence-electron chi connectivity index (χ3n) is 3.51. The van der Waals surface area contributed by atoms with Crippen LogP contribution in [0.15, 0.2) is 24.3 Å². The van der Waals surface area contributed by atoms with Crippen LogP contribution in [0.3, 0.4) is 0 Å². The molecule has 0 unspecified atom stereocenters. The van der Waals surface area contributed by atoms with Crippen LogP contribution in [0, 0.1) is 6.92 Å². The number of carbonyl (C=O) groups excluding carboxylic acids is 1. The zero-order chi connectivity index (χ0) is 13.7.